The Labute approximate surface area is 196 Å². The van der Waals surface area contributed by atoms with Crippen molar-refractivity contribution in [2.75, 3.05) is 18.8 Å². The van der Waals surface area contributed by atoms with Crippen molar-refractivity contribution >= 4 is 46.7 Å². The number of hydrogen-bond donors (Lipinski definition) is 1. The van der Waals surface area contributed by atoms with E-state index in [0.29, 0.717) is 5.89 Å². The first-order valence-electron chi connectivity index (χ1n) is 9.79. The second kappa shape index (κ2) is 10.5. The van der Waals surface area contributed by atoms with E-state index in [0.717, 1.165) is 34.0 Å². The van der Waals surface area contributed by atoms with Gasteiger partial charge in [-0.1, -0.05) is 48.2 Å². The van der Waals surface area contributed by atoms with Crippen LogP contribution in [0.1, 0.15) is 5.56 Å². The second-order valence-corrected chi connectivity index (χ2v) is 8.65. The highest BCUT2D eigenvalue weighted by Gasteiger charge is 2.34. The zero-order valence-corrected chi connectivity index (χ0v) is 18.7. The molecule has 1 aromatic heterocycles. The Hall–Kier alpha value is -3.44. The lowest BCUT2D eigenvalue weighted by molar-refractivity contribution is -0.123. The molecule has 8 nitrogen and oxygen atoms in total. The molecule has 0 saturated carbocycles. The van der Waals surface area contributed by atoms with E-state index in [-0.39, 0.29) is 40.4 Å². The molecule has 1 aliphatic rings. The summed E-state index contributed by atoms with van der Waals surface area (Å²) in [4.78, 5) is 37.9. The van der Waals surface area contributed by atoms with Crippen LogP contribution in [0.4, 0.5) is 9.18 Å². The molecule has 0 atom stereocenters. The molecule has 168 valence electrons. The maximum atomic E-state index is 13.8. The smallest absolute Gasteiger partial charge is 0.293 e. The first-order chi connectivity index (χ1) is 16.0. The standard InChI is InChI=1S/C22H17FN4O4S2/c23-16-9-5-4-8-15(16)12-17-20(29)27(22(30)33-17)11-10-24-18(28)13-32-21-26-25-19(31-21)14-6-2-1-3-7-14/h1-9,12H,10-11,13H2,(H,24,28)/b17-12-. The minimum Gasteiger partial charge on any atom is -0.411 e. The van der Waals surface area contributed by atoms with Gasteiger partial charge in [0.2, 0.25) is 11.8 Å². The number of rotatable bonds is 8. The number of carbonyl (C=O) groups is 3. The van der Waals surface area contributed by atoms with Gasteiger partial charge in [0.05, 0.1) is 10.7 Å². The molecule has 0 spiro atoms. The number of nitrogens with zero attached hydrogens (tertiary/aromatic N) is 3. The molecule has 1 saturated heterocycles. The molecule has 4 rings (SSSR count). The van der Waals surface area contributed by atoms with Crippen LogP contribution in [-0.4, -0.2) is 51.0 Å². The number of hydrogen-bond acceptors (Lipinski definition) is 8. The number of nitrogens with one attached hydrogen (secondary N) is 1. The first kappa shape index (κ1) is 22.7. The Bertz CT molecular complexity index is 1220. The fourth-order valence-corrected chi connectivity index (χ4v) is 4.33. The number of halogens is 1. The molecular formula is C22H17FN4O4S2. The second-order valence-electron chi connectivity index (χ2n) is 6.73. The highest BCUT2D eigenvalue weighted by atomic mass is 32.2. The summed E-state index contributed by atoms with van der Waals surface area (Å²) >= 11 is 1.82. The Balaban J connectivity index is 1.24. The van der Waals surface area contributed by atoms with Gasteiger partial charge in [0.25, 0.3) is 16.4 Å². The molecule has 0 radical (unpaired) electrons. The van der Waals surface area contributed by atoms with Crippen molar-refractivity contribution in [1.82, 2.24) is 20.4 Å². The van der Waals surface area contributed by atoms with E-state index in [9.17, 15) is 18.8 Å². The lowest BCUT2D eigenvalue weighted by atomic mass is 10.2. The summed E-state index contributed by atoms with van der Waals surface area (Å²) in [5.74, 6) is -0.914. The Morgan fingerprint density at radius 1 is 1.12 bits per heavy atom. The topological polar surface area (TPSA) is 105 Å². The van der Waals surface area contributed by atoms with Crippen molar-refractivity contribution in [3.8, 4) is 11.5 Å². The van der Waals surface area contributed by atoms with Gasteiger partial charge in [-0.25, -0.2) is 4.39 Å². The van der Waals surface area contributed by atoms with Crippen molar-refractivity contribution < 1.29 is 23.2 Å². The van der Waals surface area contributed by atoms with Crippen LogP contribution in [0.5, 0.6) is 0 Å². The molecule has 1 N–H and O–H groups in total. The summed E-state index contributed by atoms with van der Waals surface area (Å²) in [5.41, 5.74) is 1.01. The molecule has 3 amide bonds. The molecule has 11 heteroatoms. The van der Waals surface area contributed by atoms with Gasteiger partial charge in [0.15, 0.2) is 0 Å². The minimum atomic E-state index is -0.517. The van der Waals surface area contributed by atoms with E-state index >= 15 is 0 Å². The van der Waals surface area contributed by atoms with Gasteiger partial charge in [0, 0.05) is 24.2 Å². The third kappa shape index (κ3) is 5.68. The molecule has 3 aromatic rings. The van der Waals surface area contributed by atoms with Crippen LogP contribution in [0.15, 0.2) is 69.1 Å². The normalized spacial score (nSPS) is 14.8. The van der Waals surface area contributed by atoms with Gasteiger partial charge < -0.3 is 9.73 Å². The van der Waals surface area contributed by atoms with Crippen LogP contribution in [0.2, 0.25) is 0 Å². The van der Waals surface area contributed by atoms with Gasteiger partial charge >= 0.3 is 0 Å². The summed E-state index contributed by atoms with van der Waals surface area (Å²) in [6, 6.07) is 15.2. The van der Waals surface area contributed by atoms with E-state index in [2.05, 4.69) is 15.5 Å². The monoisotopic (exact) mass is 484 g/mol. The maximum Gasteiger partial charge on any atom is 0.293 e. The summed E-state index contributed by atoms with van der Waals surface area (Å²) in [6.07, 6.45) is 1.35. The van der Waals surface area contributed by atoms with Crippen molar-refractivity contribution in [3.05, 3.63) is 70.9 Å². The molecule has 2 heterocycles. The molecular weight excluding hydrogens is 467 g/mol. The quantitative estimate of drug-likeness (QED) is 0.380. The Kier molecular flexibility index (Phi) is 7.20. The summed E-state index contributed by atoms with van der Waals surface area (Å²) in [7, 11) is 0. The molecule has 0 bridgehead atoms. The number of benzene rings is 2. The molecule has 1 aliphatic heterocycles. The summed E-state index contributed by atoms with van der Waals surface area (Å²) in [5, 5.41) is 10.3. The number of imide groups is 1. The average molecular weight is 485 g/mol. The zero-order valence-electron chi connectivity index (χ0n) is 17.1. The molecule has 1 fully saturated rings. The van der Waals surface area contributed by atoms with Crippen LogP contribution >= 0.6 is 23.5 Å². The SMILES string of the molecule is O=C(CSc1nnc(-c2ccccc2)o1)NCCN1C(=O)S/C(=C\c2ccccc2F)C1=O. The van der Waals surface area contributed by atoms with Crippen molar-refractivity contribution in [1.29, 1.82) is 0 Å². The number of amides is 3. The van der Waals surface area contributed by atoms with Gasteiger partial charge in [-0.05, 0) is 36.0 Å². The largest absolute Gasteiger partial charge is 0.411 e. The predicted molar refractivity (Wildman–Crippen MR) is 123 cm³/mol. The van der Waals surface area contributed by atoms with Crippen LogP contribution < -0.4 is 5.32 Å². The third-order valence-corrected chi connectivity index (χ3v) is 6.20. The first-order valence-corrected chi connectivity index (χ1v) is 11.6. The van der Waals surface area contributed by atoms with Crippen molar-refractivity contribution in [3.63, 3.8) is 0 Å². The molecule has 33 heavy (non-hydrogen) atoms. The third-order valence-electron chi connectivity index (χ3n) is 4.48. The lowest BCUT2D eigenvalue weighted by Crippen LogP contribution is -2.37. The summed E-state index contributed by atoms with van der Waals surface area (Å²) in [6.45, 7) is 0.0951. The van der Waals surface area contributed by atoms with Crippen LogP contribution in [0, 0.1) is 5.82 Å². The Morgan fingerprint density at radius 3 is 2.67 bits per heavy atom. The van der Waals surface area contributed by atoms with Gasteiger partial charge in [-0.3, -0.25) is 19.3 Å². The number of aromatic nitrogens is 2. The number of carbonyl (C=O) groups excluding carboxylic acids is 3. The van der Waals surface area contributed by atoms with Crippen LogP contribution in [-0.2, 0) is 9.59 Å². The molecule has 0 unspecified atom stereocenters. The van der Waals surface area contributed by atoms with E-state index in [1.54, 1.807) is 12.1 Å². The van der Waals surface area contributed by atoms with Crippen molar-refractivity contribution in [2.45, 2.75) is 5.22 Å². The summed E-state index contributed by atoms with van der Waals surface area (Å²) < 4.78 is 19.3. The van der Waals surface area contributed by atoms with E-state index in [1.165, 1.54) is 18.2 Å². The van der Waals surface area contributed by atoms with Gasteiger partial charge in [-0.2, -0.15) is 0 Å². The van der Waals surface area contributed by atoms with Crippen LogP contribution in [0.25, 0.3) is 17.5 Å². The fraction of sp³-hybridized carbons (Fsp3) is 0.136. The van der Waals surface area contributed by atoms with Crippen LogP contribution in [0.3, 0.4) is 0 Å². The van der Waals surface area contributed by atoms with E-state index in [4.69, 9.17) is 4.42 Å². The lowest BCUT2D eigenvalue weighted by Gasteiger charge is -2.12. The zero-order chi connectivity index (χ0) is 23.2. The van der Waals surface area contributed by atoms with Gasteiger partial charge in [-0.15, -0.1) is 10.2 Å². The van der Waals surface area contributed by atoms with E-state index < -0.39 is 17.0 Å². The highest BCUT2D eigenvalue weighted by molar-refractivity contribution is 8.18. The maximum absolute atomic E-state index is 13.8. The van der Waals surface area contributed by atoms with Crippen molar-refractivity contribution in [2.24, 2.45) is 0 Å². The predicted octanol–water partition coefficient (Wildman–Crippen LogP) is 3.82. The average Bonchev–Trinajstić information content (AvgIpc) is 3.40. The molecule has 0 aliphatic carbocycles. The van der Waals surface area contributed by atoms with E-state index in [1.807, 2.05) is 30.3 Å². The fourth-order valence-electron chi connectivity index (χ4n) is 2.88. The minimum absolute atomic E-state index is 0.00833. The molecule has 2 aromatic carbocycles. The van der Waals surface area contributed by atoms with Gasteiger partial charge in [0.1, 0.15) is 5.82 Å². The highest BCUT2D eigenvalue weighted by Crippen LogP contribution is 2.32. The Morgan fingerprint density at radius 2 is 1.88 bits per heavy atom. The number of thioether (sulfide) groups is 2.